The molecule has 1 N–H and O–H groups in total. The second-order valence-electron chi connectivity index (χ2n) is 8.10. The molecule has 8 heteroatoms. The second kappa shape index (κ2) is 10.7. The van der Waals surface area contributed by atoms with Crippen molar-refractivity contribution >= 4 is 40.2 Å². The van der Waals surface area contributed by atoms with Crippen LogP contribution in [0.5, 0.6) is 0 Å². The maximum absolute atomic E-state index is 13.1. The lowest BCUT2D eigenvalue weighted by Gasteiger charge is -2.16. The Balaban J connectivity index is 1.45. The Bertz CT molecular complexity index is 1030. The molecule has 0 unspecified atom stereocenters. The van der Waals surface area contributed by atoms with Crippen LogP contribution in [0.2, 0.25) is 5.02 Å². The van der Waals surface area contributed by atoms with E-state index >= 15 is 0 Å². The summed E-state index contributed by atoms with van der Waals surface area (Å²) in [6.45, 7) is 1.81. The minimum Gasteiger partial charge on any atom is -0.376 e. The number of carbonyl (C=O) groups excluding carboxylic acids is 1. The van der Waals surface area contributed by atoms with Crippen LogP contribution in [0, 0.1) is 0 Å². The van der Waals surface area contributed by atoms with Crippen LogP contribution >= 0.6 is 23.4 Å². The van der Waals surface area contributed by atoms with Crippen LogP contribution in [0.25, 0.3) is 10.9 Å². The number of thioether (sulfide) groups is 1. The first-order chi connectivity index (χ1) is 15.1. The normalized spacial score (nSPS) is 18.9. The molecule has 1 fully saturated rings. The van der Waals surface area contributed by atoms with E-state index in [2.05, 4.69) is 16.4 Å². The number of aromatic nitrogens is 2. The molecule has 6 nitrogen and oxygen atoms in total. The fourth-order valence-electron chi connectivity index (χ4n) is 4.11. The third-order valence-electron chi connectivity index (χ3n) is 5.78. The highest BCUT2D eigenvalue weighted by Crippen LogP contribution is 2.23. The van der Waals surface area contributed by atoms with Gasteiger partial charge in [-0.3, -0.25) is 14.2 Å². The minimum atomic E-state index is -0.121. The fraction of sp³-hybridized carbons (Fsp3) is 0.522. The number of ether oxygens (including phenoxy) is 1. The molecule has 1 aliphatic carbocycles. The molecule has 31 heavy (non-hydrogen) atoms. The number of amides is 1. The molecule has 166 valence electrons. The number of allylic oxidation sites excluding steroid dienone is 1. The first-order valence-corrected chi connectivity index (χ1v) is 12.4. The van der Waals surface area contributed by atoms with Gasteiger partial charge in [0.25, 0.3) is 5.56 Å². The van der Waals surface area contributed by atoms with Crippen molar-refractivity contribution in [1.29, 1.82) is 0 Å². The Morgan fingerprint density at radius 3 is 3.00 bits per heavy atom. The van der Waals surface area contributed by atoms with Crippen molar-refractivity contribution in [3.8, 4) is 0 Å². The van der Waals surface area contributed by atoms with Crippen molar-refractivity contribution in [3.05, 3.63) is 45.2 Å². The Morgan fingerprint density at radius 2 is 2.23 bits per heavy atom. The highest BCUT2D eigenvalue weighted by atomic mass is 35.5. The van der Waals surface area contributed by atoms with Gasteiger partial charge in [0, 0.05) is 18.2 Å². The van der Waals surface area contributed by atoms with Crippen LogP contribution in [0.3, 0.4) is 0 Å². The average Bonchev–Trinajstić information content (AvgIpc) is 3.28. The van der Waals surface area contributed by atoms with Crippen molar-refractivity contribution in [1.82, 2.24) is 14.9 Å². The number of hydrogen-bond acceptors (Lipinski definition) is 5. The number of benzene rings is 1. The van der Waals surface area contributed by atoms with Crippen LogP contribution < -0.4 is 10.9 Å². The number of hydrogen-bond donors (Lipinski definition) is 1. The van der Waals surface area contributed by atoms with E-state index in [-0.39, 0.29) is 23.3 Å². The minimum absolute atomic E-state index is 0.00111. The standard InChI is InChI=1S/C23H28ClN3O3S/c24-17-8-9-19-20(13-17)26-23(27(22(19)29)14-18-7-4-12-30-18)31-15-21(28)25-11-10-16-5-2-1-3-6-16/h5,8-9,13,18H,1-4,6-7,10-12,14-15H2,(H,25,28)/t18-/m1/s1. The van der Waals surface area contributed by atoms with Gasteiger partial charge < -0.3 is 10.1 Å². The Hall–Kier alpha value is -1.83. The number of carbonyl (C=O) groups is 1. The third kappa shape index (κ3) is 5.90. The zero-order valence-corrected chi connectivity index (χ0v) is 19.1. The largest absolute Gasteiger partial charge is 0.376 e. The van der Waals surface area contributed by atoms with Crippen LogP contribution in [-0.4, -0.2) is 40.5 Å². The van der Waals surface area contributed by atoms with E-state index in [1.807, 2.05) is 0 Å². The summed E-state index contributed by atoms with van der Waals surface area (Å²) in [5.41, 5.74) is 1.87. The summed E-state index contributed by atoms with van der Waals surface area (Å²) in [5.74, 6) is 0.161. The molecule has 1 saturated heterocycles. The summed E-state index contributed by atoms with van der Waals surface area (Å²) < 4.78 is 7.38. The maximum Gasteiger partial charge on any atom is 0.262 e. The molecule has 1 aromatic heterocycles. The lowest BCUT2D eigenvalue weighted by atomic mass is 9.97. The van der Waals surface area contributed by atoms with Gasteiger partial charge in [-0.1, -0.05) is 35.0 Å². The van der Waals surface area contributed by atoms with Crippen molar-refractivity contribution in [3.63, 3.8) is 0 Å². The van der Waals surface area contributed by atoms with Crippen LogP contribution in [0.1, 0.15) is 44.9 Å². The monoisotopic (exact) mass is 461 g/mol. The van der Waals surface area contributed by atoms with Crippen molar-refractivity contribution in [2.24, 2.45) is 0 Å². The van der Waals surface area contributed by atoms with Gasteiger partial charge in [-0.25, -0.2) is 4.98 Å². The maximum atomic E-state index is 13.1. The van der Waals surface area contributed by atoms with Crippen LogP contribution in [-0.2, 0) is 16.1 Å². The molecule has 0 spiro atoms. The highest BCUT2D eigenvalue weighted by Gasteiger charge is 2.21. The van der Waals surface area contributed by atoms with E-state index in [1.165, 1.54) is 30.2 Å². The van der Waals surface area contributed by atoms with Gasteiger partial charge in [0.2, 0.25) is 5.91 Å². The predicted molar refractivity (Wildman–Crippen MR) is 125 cm³/mol. The van der Waals surface area contributed by atoms with Gasteiger partial charge in [0.05, 0.1) is 29.3 Å². The number of halogens is 1. The van der Waals surface area contributed by atoms with Gasteiger partial charge in [0.15, 0.2) is 5.16 Å². The lowest BCUT2D eigenvalue weighted by molar-refractivity contribution is -0.118. The molecule has 0 bridgehead atoms. The molecule has 2 heterocycles. The molecule has 2 aliphatic rings. The summed E-state index contributed by atoms with van der Waals surface area (Å²) >= 11 is 7.39. The molecule has 1 amide bonds. The van der Waals surface area contributed by atoms with Crippen molar-refractivity contribution in [2.75, 3.05) is 18.9 Å². The smallest absolute Gasteiger partial charge is 0.262 e. The van der Waals surface area contributed by atoms with Gasteiger partial charge in [-0.2, -0.15) is 0 Å². The number of nitrogens with zero attached hydrogens (tertiary/aromatic N) is 2. The summed E-state index contributed by atoms with van der Waals surface area (Å²) in [5, 5.41) is 4.57. The summed E-state index contributed by atoms with van der Waals surface area (Å²) in [6.07, 6.45) is 9.94. The average molecular weight is 462 g/mol. The van der Waals surface area contributed by atoms with Gasteiger partial charge in [-0.15, -0.1) is 0 Å². The lowest BCUT2D eigenvalue weighted by Crippen LogP contribution is -2.30. The third-order valence-corrected chi connectivity index (χ3v) is 6.99. The molecule has 2 aromatic rings. The Labute approximate surface area is 191 Å². The summed E-state index contributed by atoms with van der Waals surface area (Å²) in [6, 6.07) is 5.10. The van der Waals surface area contributed by atoms with E-state index in [0.29, 0.717) is 34.2 Å². The molecular weight excluding hydrogens is 434 g/mol. The van der Waals surface area contributed by atoms with E-state index in [0.717, 1.165) is 38.7 Å². The molecular formula is C23H28ClN3O3S. The molecule has 1 atom stereocenters. The highest BCUT2D eigenvalue weighted by molar-refractivity contribution is 7.99. The van der Waals surface area contributed by atoms with Crippen LogP contribution in [0.4, 0.5) is 0 Å². The van der Waals surface area contributed by atoms with E-state index in [9.17, 15) is 9.59 Å². The quantitative estimate of drug-likeness (QED) is 0.360. The molecule has 1 aromatic carbocycles. The zero-order chi connectivity index (χ0) is 21.6. The first-order valence-electron chi connectivity index (χ1n) is 11.0. The number of nitrogens with one attached hydrogen (secondary N) is 1. The summed E-state index contributed by atoms with van der Waals surface area (Å²) in [7, 11) is 0. The van der Waals surface area contributed by atoms with Gasteiger partial charge >= 0.3 is 0 Å². The van der Waals surface area contributed by atoms with Gasteiger partial charge in [0.1, 0.15) is 0 Å². The van der Waals surface area contributed by atoms with E-state index < -0.39 is 0 Å². The van der Waals surface area contributed by atoms with E-state index in [1.54, 1.807) is 22.8 Å². The predicted octanol–water partition coefficient (Wildman–Crippen LogP) is 4.33. The number of rotatable bonds is 8. The fourth-order valence-corrected chi connectivity index (χ4v) is 5.12. The molecule has 1 aliphatic heterocycles. The molecule has 0 saturated carbocycles. The summed E-state index contributed by atoms with van der Waals surface area (Å²) in [4.78, 5) is 30.2. The Morgan fingerprint density at radius 1 is 1.32 bits per heavy atom. The topological polar surface area (TPSA) is 73.2 Å². The first kappa shape index (κ1) is 22.4. The SMILES string of the molecule is O=C(CSc1nc2cc(Cl)ccc2c(=O)n1C[C@H]1CCCO1)NCCC1=CCCCC1. The zero-order valence-electron chi connectivity index (χ0n) is 17.6. The van der Waals surface area contributed by atoms with E-state index in [4.69, 9.17) is 16.3 Å². The van der Waals surface area contributed by atoms with Crippen molar-refractivity contribution in [2.45, 2.75) is 62.8 Å². The number of fused-ring (bicyclic) bond motifs is 1. The van der Waals surface area contributed by atoms with Gasteiger partial charge in [-0.05, 0) is 63.1 Å². The molecule has 0 radical (unpaired) electrons. The van der Waals surface area contributed by atoms with Crippen molar-refractivity contribution < 1.29 is 9.53 Å². The van der Waals surface area contributed by atoms with Crippen LogP contribution in [0.15, 0.2) is 39.8 Å². The Kier molecular flexibility index (Phi) is 7.69. The second-order valence-corrected chi connectivity index (χ2v) is 9.48. The molecule has 4 rings (SSSR count).